The highest BCUT2D eigenvalue weighted by Gasteiger charge is 2.33. The molecule has 0 bridgehead atoms. The van der Waals surface area contributed by atoms with E-state index >= 15 is 0 Å². The summed E-state index contributed by atoms with van der Waals surface area (Å²) in [6, 6.07) is 16.5. The minimum atomic E-state index is -3.62. The Bertz CT molecular complexity index is 830. The largest absolute Gasteiger partial charge is 0.411 e. The molecule has 1 saturated heterocycles. The van der Waals surface area contributed by atoms with Gasteiger partial charge in [-0.3, -0.25) is 0 Å². The number of nitrogens with zero attached hydrogens (tertiary/aromatic N) is 2. The first-order chi connectivity index (χ1) is 11.5. The van der Waals surface area contributed by atoms with Crippen molar-refractivity contribution < 1.29 is 13.6 Å². The molecule has 24 heavy (non-hydrogen) atoms. The van der Waals surface area contributed by atoms with E-state index in [0.29, 0.717) is 18.7 Å². The molecule has 1 N–H and O–H groups in total. The van der Waals surface area contributed by atoms with E-state index in [1.54, 1.807) is 24.3 Å². The molecule has 0 amide bonds. The quantitative estimate of drug-likeness (QED) is 0.687. The third-order valence-corrected chi connectivity index (χ3v) is 6.16. The summed E-state index contributed by atoms with van der Waals surface area (Å²) in [5.74, 6) is -0.0222. The van der Waals surface area contributed by atoms with E-state index in [2.05, 4.69) is 5.16 Å². The molecule has 6 heteroatoms. The Morgan fingerprint density at radius 2 is 1.75 bits per heavy atom. The van der Waals surface area contributed by atoms with Crippen LogP contribution in [0.5, 0.6) is 0 Å². The SMILES string of the molecule is Cc1ccc(S(=O)(=O)N2CC(=NO)CC(c3ccccc3)C2)cc1. The number of rotatable bonds is 3. The molecule has 126 valence electrons. The maximum absolute atomic E-state index is 12.9. The van der Waals surface area contributed by atoms with Gasteiger partial charge in [-0.05, 0) is 31.0 Å². The van der Waals surface area contributed by atoms with Crippen LogP contribution in [0.4, 0.5) is 0 Å². The second-order valence-electron chi connectivity index (χ2n) is 6.09. The Morgan fingerprint density at radius 1 is 1.08 bits per heavy atom. The molecule has 1 unspecified atom stereocenters. The fourth-order valence-electron chi connectivity index (χ4n) is 2.99. The van der Waals surface area contributed by atoms with Crippen LogP contribution in [0.2, 0.25) is 0 Å². The number of oxime groups is 1. The molecule has 0 spiro atoms. The van der Waals surface area contributed by atoms with Gasteiger partial charge in [0.05, 0.1) is 17.2 Å². The van der Waals surface area contributed by atoms with E-state index in [9.17, 15) is 13.6 Å². The first-order valence-electron chi connectivity index (χ1n) is 7.82. The Hall–Kier alpha value is -2.18. The lowest BCUT2D eigenvalue weighted by Crippen LogP contribution is -2.43. The van der Waals surface area contributed by atoms with Crippen molar-refractivity contribution in [1.29, 1.82) is 0 Å². The highest BCUT2D eigenvalue weighted by molar-refractivity contribution is 7.89. The van der Waals surface area contributed by atoms with Crippen molar-refractivity contribution in [2.24, 2.45) is 5.16 Å². The zero-order chi connectivity index (χ0) is 17.2. The van der Waals surface area contributed by atoms with Gasteiger partial charge in [0.25, 0.3) is 0 Å². The molecule has 0 aliphatic carbocycles. The molecule has 1 aliphatic heterocycles. The summed E-state index contributed by atoms with van der Waals surface area (Å²) in [6.07, 6.45) is 0.556. The highest BCUT2D eigenvalue weighted by atomic mass is 32.2. The monoisotopic (exact) mass is 344 g/mol. The normalized spacial score (nSPS) is 21.0. The number of aryl methyl sites for hydroxylation is 1. The molecule has 1 aliphatic rings. The van der Waals surface area contributed by atoms with Crippen LogP contribution in [0, 0.1) is 6.92 Å². The average Bonchev–Trinajstić information content (AvgIpc) is 2.62. The van der Waals surface area contributed by atoms with Gasteiger partial charge in [-0.1, -0.05) is 53.2 Å². The second-order valence-corrected chi connectivity index (χ2v) is 8.03. The topological polar surface area (TPSA) is 70.0 Å². The molecule has 2 aromatic rings. The van der Waals surface area contributed by atoms with Gasteiger partial charge >= 0.3 is 0 Å². The number of hydrogen-bond acceptors (Lipinski definition) is 4. The first-order valence-corrected chi connectivity index (χ1v) is 9.26. The van der Waals surface area contributed by atoms with Crippen molar-refractivity contribution in [1.82, 2.24) is 4.31 Å². The lowest BCUT2D eigenvalue weighted by atomic mass is 9.91. The van der Waals surface area contributed by atoms with Gasteiger partial charge in [0.2, 0.25) is 10.0 Å². The molecule has 1 fully saturated rings. The van der Waals surface area contributed by atoms with Gasteiger partial charge in [-0.25, -0.2) is 8.42 Å². The van der Waals surface area contributed by atoms with Gasteiger partial charge in [0.15, 0.2) is 0 Å². The van der Waals surface area contributed by atoms with Crippen molar-refractivity contribution in [3.05, 3.63) is 65.7 Å². The Kier molecular flexibility index (Phi) is 4.69. The predicted molar refractivity (Wildman–Crippen MR) is 93.0 cm³/mol. The molecule has 1 atom stereocenters. The van der Waals surface area contributed by atoms with Crippen molar-refractivity contribution >= 4 is 15.7 Å². The van der Waals surface area contributed by atoms with Crippen molar-refractivity contribution in [3.8, 4) is 0 Å². The molecule has 0 saturated carbocycles. The first kappa shape index (κ1) is 16.7. The van der Waals surface area contributed by atoms with Crippen molar-refractivity contribution in [3.63, 3.8) is 0 Å². The number of piperidine rings is 1. The summed E-state index contributed by atoms with van der Waals surface area (Å²) in [4.78, 5) is 0.263. The van der Waals surface area contributed by atoms with Crippen LogP contribution in [0.15, 0.2) is 64.6 Å². The third-order valence-electron chi connectivity index (χ3n) is 4.34. The van der Waals surface area contributed by atoms with Crippen LogP contribution in [0.3, 0.4) is 0 Å². The lowest BCUT2D eigenvalue weighted by Gasteiger charge is -2.32. The summed E-state index contributed by atoms with van der Waals surface area (Å²) in [5, 5.41) is 12.5. The van der Waals surface area contributed by atoms with Crippen LogP contribution >= 0.6 is 0 Å². The molecule has 0 aromatic heterocycles. The summed E-state index contributed by atoms with van der Waals surface area (Å²) >= 11 is 0. The standard InChI is InChI=1S/C18H20N2O3S/c1-14-7-9-18(10-8-14)24(22,23)20-12-16(11-17(13-20)19-21)15-5-3-2-4-6-15/h2-10,16,21H,11-13H2,1H3. The van der Waals surface area contributed by atoms with Gasteiger partial charge in [0, 0.05) is 12.5 Å². The summed E-state index contributed by atoms with van der Waals surface area (Å²) in [7, 11) is -3.62. The summed E-state index contributed by atoms with van der Waals surface area (Å²) in [6.45, 7) is 2.41. The Labute approximate surface area is 142 Å². The van der Waals surface area contributed by atoms with Gasteiger partial charge in [-0.15, -0.1) is 0 Å². The van der Waals surface area contributed by atoms with E-state index < -0.39 is 10.0 Å². The maximum atomic E-state index is 12.9. The summed E-state index contributed by atoms with van der Waals surface area (Å²) < 4.78 is 27.2. The lowest BCUT2D eigenvalue weighted by molar-refractivity contribution is 0.306. The van der Waals surface area contributed by atoms with Crippen LogP contribution < -0.4 is 0 Å². The molecule has 5 nitrogen and oxygen atoms in total. The molecular weight excluding hydrogens is 324 g/mol. The highest BCUT2D eigenvalue weighted by Crippen LogP contribution is 2.29. The molecule has 2 aromatic carbocycles. The fraction of sp³-hybridized carbons (Fsp3) is 0.278. The van der Waals surface area contributed by atoms with Crippen molar-refractivity contribution in [2.75, 3.05) is 13.1 Å². The van der Waals surface area contributed by atoms with E-state index in [0.717, 1.165) is 11.1 Å². The van der Waals surface area contributed by atoms with E-state index in [1.807, 2.05) is 37.3 Å². The van der Waals surface area contributed by atoms with Gasteiger partial charge < -0.3 is 5.21 Å². The zero-order valence-corrected chi connectivity index (χ0v) is 14.3. The second kappa shape index (κ2) is 6.75. The van der Waals surface area contributed by atoms with Crippen LogP contribution in [0.1, 0.15) is 23.5 Å². The maximum Gasteiger partial charge on any atom is 0.243 e. The summed E-state index contributed by atoms with van der Waals surface area (Å²) in [5.41, 5.74) is 2.53. The number of benzene rings is 2. The molecule has 1 heterocycles. The molecular formula is C18H20N2O3S. The minimum Gasteiger partial charge on any atom is -0.411 e. The Balaban J connectivity index is 1.93. The van der Waals surface area contributed by atoms with Crippen molar-refractivity contribution in [2.45, 2.75) is 24.2 Å². The van der Waals surface area contributed by atoms with E-state index in [4.69, 9.17) is 0 Å². The smallest absolute Gasteiger partial charge is 0.243 e. The van der Waals surface area contributed by atoms with Gasteiger partial charge in [-0.2, -0.15) is 4.31 Å². The number of hydrogen-bond donors (Lipinski definition) is 1. The van der Waals surface area contributed by atoms with Crippen LogP contribution in [0.25, 0.3) is 0 Å². The predicted octanol–water partition coefficient (Wildman–Crippen LogP) is 3.00. The molecule has 3 rings (SSSR count). The van der Waals surface area contributed by atoms with E-state index in [-0.39, 0.29) is 17.4 Å². The molecule has 0 radical (unpaired) electrons. The van der Waals surface area contributed by atoms with Gasteiger partial charge in [0.1, 0.15) is 0 Å². The zero-order valence-electron chi connectivity index (χ0n) is 13.5. The van der Waals surface area contributed by atoms with Crippen LogP contribution in [-0.4, -0.2) is 36.7 Å². The fourth-order valence-corrected chi connectivity index (χ4v) is 4.46. The number of sulfonamides is 1. The van der Waals surface area contributed by atoms with E-state index in [1.165, 1.54) is 4.31 Å². The Morgan fingerprint density at radius 3 is 2.38 bits per heavy atom. The third kappa shape index (κ3) is 3.34. The minimum absolute atomic E-state index is 0.0222. The van der Waals surface area contributed by atoms with Crippen LogP contribution in [-0.2, 0) is 10.0 Å². The average molecular weight is 344 g/mol.